The molecule has 0 aliphatic heterocycles. The molecule has 0 radical (unpaired) electrons. The molecule has 4 aromatic rings. The fraction of sp³-hybridized carbons (Fsp3) is 0.0800. The Balaban J connectivity index is 1.61. The topological polar surface area (TPSA) is 90.0 Å². The highest BCUT2D eigenvalue weighted by molar-refractivity contribution is 6.31. The van der Waals surface area contributed by atoms with E-state index in [0.29, 0.717) is 41.0 Å². The molecule has 0 spiro atoms. The molecule has 1 aromatic heterocycles. The smallest absolute Gasteiger partial charge is 0.269 e. The van der Waals surface area contributed by atoms with Crippen LogP contribution in [0.4, 0.5) is 14.5 Å². The molecule has 9 heteroatoms. The van der Waals surface area contributed by atoms with Crippen LogP contribution in [0.25, 0.3) is 16.9 Å². The van der Waals surface area contributed by atoms with E-state index in [1.54, 1.807) is 24.3 Å². The summed E-state index contributed by atoms with van der Waals surface area (Å²) in [6.07, 6.45) is 1.14. The average Bonchev–Trinajstić information content (AvgIpc) is 3.21. The number of primary amides is 1. The van der Waals surface area contributed by atoms with Crippen molar-refractivity contribution in [1.29, 1.82) is 0 Å². The van der Waals surface area contributed by atoms with E-state index in [0.717, 1.165) is 5.56 Å². The van der Waals surface area contributed by atoms with Gasteiger partial charge in [-0.3, -0.25) is 9.59 Å². The fourth-order valence-corrected chi connectivity index (χ4v) is 4.36. The van der Waals surface area contributed by atoms with Crippen LogP contribution in [0.1, 0.15) is 32.0 Å². The lowest BCUT2D eigenvalue weighted by Crippen LogP contribution is -2.16. The predicted molar refractivity (Wildman–Crippen MR) is 124 cm³/mol. The molecule has 170 valence electrons. The highest BCUT2D eigenvalue weighted by Gasteiger charge is 2.28. The molecule has 0 saturated heterocycles. The van der Waals surface area contributed by atoms with Crippen LogP contribution in [0, 0.1) is 11.6 Å². The number of aryl methyl sites for hydroxylation is 1. The van der Waals surface area contributed by atoms with Crippen molar-refractivity contribution in [2.45, 2.75) is 12.8 Å². The monoisotopic (exact) mass is 478 g/mol. The first kappa shape index (κ1) is 21.8. The van der Waals surface area contributed by atoms with Gasteiger partial charge < -0.3 is 11.1 Å². The van der Waals surface area contributed by atoms with E-state index in [9.17, 15) is 18.4 Å². The zero-order chi connectivity index (χ0) is 24.0. The molecular weight excluding hydrogens is 462 g/mol. The van der Waals surface area contributed by atoms with Crippen LogP contribution in [0.5, 0.6) is 0 Å². The summed E-state index contributed by atoms with van der Waals surface area (Å²) in [6, 6.07) is 15.3. The maximum Gasteiger partial charge on any atom is 0.269 e. The minimum atomic E-state index is -0.808. The largest absolute Gasteiger partial charge is 0.364 e. The summed E-state index contributed by atoms with van der Waals surface area (Å²) in [5.41, 5.74) is 9.22. The SMILES string of the molecule is NC(=O)c1nn(-c2cccc(F)c2)c2c1CCc1ccc(NC(=O)c3cccc(Cl)c3F)cc1-2. The molecule has 2 amide bonds. The quantitative estimate of drug-likeness (QED) is 0.436. The van der Waals surface area contributed by atoms with Gasteiger partial charge in [0.05, 0.1) is 22.0 Å². The maximum atomic E-state index is 14.3. The molecule has 0 fully saturated rings. The summed E-state index contributed by atoms with van der Waals surface area (Å²) < 4.78 is 29.7. The molecule has 3 N–H and O–H groups in total. The second-order valence-corrected chi connectivity index (χ2v) is 8.27. The van der Waals surface area contributed by atoms with Gasteiger partial charge in [-0.2, -0.15) is 5.10 Å². The number of nitrogens with zero attached hydrogens (tertiary/aromatic N) is 2. The first-order valence-electron chi connectivity index (χ1n) is 10.4. The van der Waals surface area contributed by atoms with Crippen molar-refractivity contribution >= 4 is 29.1 Å². The number of carbonyl (C=O) groups excluding carboxylic acids is 2. The Kier molecular flexibility index (Phi) is 5.37. The van der Waals surface area contributed by atoms with Crippen LogP contribution in [0.15, 0.2) is 60.7 Å². The minimum absolute atomic E-state index is 0.111. The Hall–Kier alpha value is -4.04. The number of fused-ring (bicyclic) bond motifs is 3. The van der Waals surface area contributed by atoms with Gasteiger partial charge in [-0.05, 0) is 60.9 Å². The van der Waals surface area contributed by atoms with Crippen molar-refractivity contribution in [3.8, 4) is 16.9 Å². The number of amides is 2. The number of anilines is 1. The fourth-order valence-electron chi connectivity index (χ4n) is 4.19. The number of nitrogens with one attached hydrogen (secondary N) is 1. The lowest BCUT2D eigenvalue weighted by molar-refractivity contribution is 0.0991. The number of rotatable bonds is 4. The van der Waals surface area contributed by atoms with Crippen molar-refractivity contribution in [3.05, 3.63) is 99.7 Å². The summed E-state index contributed by atoms with van der Waals surface area (Å²) in [5.74, 6) is -2.61. The molecule has 0 atom stereocenters. The number of nitrogens with two attached hydrogens (primary N) is 1. The van der Waals surface area contributed by atoms with Crippen LogP contribution < -0.4 is 11.1 Å². The Bertz CT molecular complexity index is 1480. The number of hydrogen-bond acceptors (Lipinski definition) is 3. The van der Waals surface area contributed by atoms with Crippen LogP contribution in [0.2, 0.25) is 5.02 Å². The molecule has 0 bridgehead atoms. The molecule has 0 unspecified atom stereocenters. The molecule has 1 aliphatic rings. The van der Waals surface area contributed by atoms with E-state index < -0.39 is 23.4 Å². The van der Waals surface area contributed by atoms with E-state index >= 15 is 0 Å². The van der Waals surface area contributed by atoms with Gasteiger partial charge in [0, 0.05) is 16.8 Å². The third-order valence-corrected chi connectivity index (χ3v) is 6.02. The first-order chi connectivity index (χ1) is 16.3. The summed E-state index contributed by atoms with van der Waals surface area (Å²) in [5, 5.41) is 6.92. The molecule has 3 aromatic carbocycles. The lowest BCUT2D eigenvalue weighted by Gasteiger charge is -2.20. The van der Waals surface area contributed by atoms with Crippen molar-refractivity contribution < 1.29 is 18.4 Å². The van der Waals surface area contributed by atoms with E-state index in [1.165, 1.54) is 35.0 Å². The van der Waals surface area contributed by atoms with Gasteiger partial charge in [0.15, 0.2) is 11.5 Å². The standard InChI is InChI=1S/C25H17ClF2N4O2/c26-20-6-2-5-17(21(20)28)25(34)30-15-9-7-13-8-10-18-22(24(29)33)31-32(23(18)19(13)12-15)16-4-1-3-14(27)11-16/h1-7,9,11-12H,8,10H2,(H2,29,33)(H,30,34). The molecule has 1 aliphatic carbocycles. The molecule has 5 rings (SSSR count). The van der Waals surface area contributed by atoms with Crippen molar-refractivity contribution in [1.82, 2.24) is 9.78 Å². The van der Waals surface area contributed by atoms with Gasteiger partial charge in [0.25, 0.3) is 11.8 Å². The number of aromatic nitrogens is 2. The molecule has 34 heavy (non-hydrogen) atoms. The van der Waals surface area contributed by atoms with E-state index in [1.807, 2.05) is 6.07 Å². The highest BCUT2D eigenvalue weighted by Crippen LogP contribution is 2.38. The first-order valence-corrected chi connectivity index (χ1v) is 10.8. The van der Waals surface area contributed by atoms with Crippen LogP contribution in [-0.4, -0.2) is 21.6 Å². The Morgan fingerprint density at radius 2 is 1.82 bits per heavy atom. The summed E-state index contributed by atoms with van der Waals surface area (Å²) in [6.45, 7) is 0. The number of benzene rings is 3. The van der Waals surface area contributed by atoms with E-state index in [-0.39, 0.29) is 16.3 Å². The Labute approximate surface area is 198 Å². The second-order valence-electron chi connectivity index (χ2n) is 7.86. The van der Waals surface area contributed by atoms with Crippen molar-refractivity contribution in [3.63, 3.8) is 0 Å². The van der Waals surface area contributed by atoms with Gasteiger partial charge in [0.2, 0.25) is 0 Å². The number of carbonyl (C=O) groups is 2. The third kappa shape index (κ3) is 3.72. The number of hydrogen-bond donors (Lipinski definition) is 2. The Morgan fingerprint density at radius 3 is 2.59 bits per heavy atom. The van der Waals surface area contributed by atoms with E-state index in [4.69, 9.17) is 17.3 Å². The Morgan fingerprint density at radius 1 is 1.03 bits per heavy atom. The second kappa shape index (κ2) is 8.39. The van der Waals surface area contributed by atoms with Crippen LogP contribution in [0.3, 0.4) is 0 Å². The summed E-state index contributed by atoms with van der Waals surface area (Å²) in [4.78, 5) is 24.8. The number of halogens is 3. The molecule has 6 nitrogen and oxygen atoms in total. The van der Waals surface area contributed by atoms with Crippen molar-refractivity contribution in [2.24, 2.45) is 5.73 Å². The molecular formula is C25H17ClF2N4O2. The minimum Gasteiger partial charge on any atom is -0.364 e. The van der Waals surface area contributed by atoms with Gasteiger partial charge in [0.1, 0.15) is 5.82 Å². The highest BCUT2D eigenvalue weighted by atomic mass is 35.5. The summed E-state index contributed by atoms with van der Waals surface area (Å²) >= 11 is 5.80. The predicted octanol–water partition coefficient (Wildman–Crippen LogP) is 4.92. The molecule has 1 heterocycles. The zero-order valence-corrected chi connectivity index (χ0v) is 18.4. The third-order valence-electron chi connectivity index (χ3n) is 5.73. The van der Waals surface area contributed by atoms with Gasteiger partial charge in [-0.1, -0.05) is 29.8 Å². The maximum absolute atomic E-state index is 14.3. The molecule has 0 saturated carbocycles. The average molecular weight is 479 g/mol. The van der Waals surface area contributed by atoms with Crippen molar-refractivity contribution in [2.75, 3.05) is 5.32 Å². The van der Waals surface area contributed by atoms with Gasteiger partial charge in [-0.15, -0.1) is 0 Å². The normalized spacial score (nSPS) is 12.1. The van der Waals surface area contributed by atoms with E-state index in [2.05, 4.69) is 10.4 Å². The zero-order valence-electron chi connectivity index (χ0n) is 17.6. The lowest BCUT2D eigenvalue weighted by atomic mass is 9.88. The summed E-state index contributed by atoms with van der Waals surface area (Å²) in [7, 11) is 0. The van der Waals surface area contributed by atoms with Crippen LogP contribution in [-0.2, 0) is 12.8 Å². The van der Waals surface area contributed by atoms with Gasteiger partial charge in [-0.25, -0.2) is 13.5 Å². The van der Waals surface area contributed by atoms with Crippen LogP contribution >= 0.6 is 11.6 Å². The van der Waals surface area contributed by atoms with Gasteiger partial charge >= 0.3 is 0 Å².